The van der Waals surface area contributed by atoms with E-state index < -0.39 is 0 Å². The fourth-order valence-electron chi connectivity index (χ4n) is 4.03. The van der Waals surface area contributed by atoms with Crippen molar-refractivity contribution < 1.29 is 9.59 Å². The molecule has 3 aromatic rings. The molecule has 2 atom stereocenters. The van der Waals surface area contributed by atoms with Crippen LogP contribution in [0.15, 0.2) is 60.7 Å². The van der Waals surface area contributed by atoms with E-state index in [0.717, 1.165) is 16.1 Å². The molecule has 32 heavy (non-hydrogen) atoms. The highest BCUT2D eigenvalue weighted by atomic mass is 32.1. The van der Waals surface area contributed by atoms with Crippen LogP contribution in [-0.4, -0.2) is 26.9 Å². The molecule has 1 aromatic heterocycles. The third-order valence-electron chi connectivity index (χ3n) is 5.68. The van der Waals surface area contributed by atoms with Crippen LogP contribution >= 0.6 is 11.3 Å². The Morgan fingerprint density at radius 3 is 2.34 bits per heavy atom. The molecule has 2 heterocycles. The minimum atomic E-state index is -0.374. The zero-order chi connectivity index (χ0) is 22.7. The molecule has 4 rings (SSSR count). The predicted octanol–water partition coefficient (Wildman–Crippen LogP) is 4.95. The van der Waals surface area contributed by atoms with E-state index in [0.29, 0.717) is 24.5 Å². The standard InChI is InChI=1S/C25H28N4O2S/c1-25(2,3)23-27-28-24(32-23)26-22(31)19-14-15-20(30)29(16-17-10-6-4-7-11-17)21(19)18-12-8-5-9-13-18/h4-13,19,21H,14-16H2,1-3H3,(H,26,28,31). The molecule has 2 unspecified atom stereocenters. The van der Waals surface area contributed by atoms with Gasteiger partial charge in [0.2, 0.25) is 16.9 Å². The maximum atomic E-state index is 13.4. The number of anilines is 1. The first-order valence-corrected chi connectivity index (χ1v) is 11.7. The van der Waals surface area contributed by atoms with Gasteiger partial charge < -0.3 is 10.2 Å². The van der Waals surface area contributed by atoms with Gasteiger partial charge in [-0.05, 0) is 17.5 Å². The van der Waals surface area contributed by atoms with Gasteiger partial charge in [0.1, 0.15) is 5.01 Å². The zero-order valence-electron chi connectivity index (χ0n) is 18.6. The molecule has 6 nitrogen and oxygen atoms in total. The lowest BCUT2D eigenvalue weighted by atomic mass is 9.83. The number of hydrogen-bond donors (Lipinski definition) is 1. The summed E-state index contributed by atoms with van der Waals surface area (Å²) in [5.74, 6) is -0.431. The highest BCUT2D eigenvalue weighted by Gasteiger charge is 2.41. The number of likely N-dealkylation sites (tertiary alicyclic amines) is 1. The summed E-state index contributed by atoms with van der Waals surface area (Å²) in [5.41, 5.74) is 1.88. The zero-order valence-corrected chi connectivity index (χ0v) is 19.4. The molecule has 1 aliphatic rings. The molecule has 2 amide bonds. The van der Waals surface area contributed by atoms with Crippen molar-refractivity contribution in [3.05, 3.63) is 76.8 Å². The Labute approximate surface area is 192 Å². The Morgan fingerprint density at radius 2 is 1.72 bits per heavy atom. The van der Waals surface area contributed by atoms with Crippen LogP contribution in [0.4, 0.5) is 5.13 Å². The number of benzene rings is 2. The second-order valence-electron chi connectivity index (χ2n) is 9.16. The third-order valence-corrected chi connectivity index (χ3v) is 6.94. The van der Waals surface area contributed by atoms with Gasteiger partial charge in [0.15, 0.2) is 0 Å². The summed E-state index contributed by atoms with van der Waals surface area (Å²) in [6.07, 6.45) is 0.845. The highest BCUT2D eigenvalue weighted by molar-refractivity contribution is 7.15. The number of nitrogens with one attached hydrogen (secondary N) is 1. The fourth-order valence-corrected chi connectivity index (χ4v) is 4.84. The summed E-state index contributed by atoms with van der Waals surface area (Å²) in [7, 11) is 0. The molecule has 1 aliphatic heterocycles. The third kappa shape index (κ3) is 4.88. The van der Waals surface area contributed by atoms with Crippen molar-refractivity contribution in [2.24, 2.45) is 5.92 Å². The average Bonchev–Trinajstić information content (AvgIpc) is 3.25. The highest BCUT2D eigenvalue weighted by Crippen LogP contribution is 2.39. The molecule has 0 bridgehead atoms. The summed E-state index contributed by atoms with van der Waals surface area (Å²) in [5, 5.41) is 12.7. The van der Waals surface area contributed by atoms with Gasteiger partial charge in [-0.3, -0.25) is 9.59 Å². The summed E-state index contributed by atoms with van der Waals surface area (Å²) in [6, 6.07) is 19.4. The normalized spacial score (nSPS) is 19.1. The molecule has 1 saturated heterocycles. The lowest BCUT2D eigenvalue weighted by Crippen LogP contribution is -2.46. The minimum absolute atomic E-state index is 0.0673. The number of amides is 2. The number of rotatable bonds is 5. The molecule has 0 radical (unpaired) electrons. The molecule has 0 spiro atoms. The van der Waals surface area contributed by atoms with Gasteiger partial charge in [0.25, 0.3) is 0 Å². The van der Waals surface area contributed by atoms with Crippen molar-refractivity contribution in [1.82, 2.24) is 15.1 Å². The summed E-state index contributed by atoms with van der Waals surface area (Å²) >= 11 is 1.40. The van der Waals surface area contributed by atoms with E-state index in [4.69, 9.17) is 0 Å². The average molecular weight is 449 g/mol. The Balaban J connectivity index is 1.62. The van der Waals surface area contributed by atoms with Crippen molar-refractivity contribution in [2.75, 3.05) is 5.32 Å². The first kappa shape index (κ1) is 22.1. The second kappa shape index (κ2) is 9.20. The van der Waals surface area contributed by atoms with Crippen molar-refractivity contribution in [1.29, 1.82) is 0 Å². The Morgan fingerprint density at radius 1 is 1.06 bits per heavy atom. The fraction of sp³-hybridized carbons (Fsp3) is 0.360. The van der Waals surface area contributed by atoms with Gasteiger partial charge in [-0.2, -0.15) is 0 Å². The molecular formula is C25H28N4O2S. The van der Waals surface area contributed by atoms with Gasteiger partial charge in [-0.1, -0.05) is 92.8 Å². The molecule has 2 aromatic carbocycles. The largest absolute Gasteiger partial charge is 0.331 e. The second-order valence-corrected chi connectivity index (χ2v) is 10.1. The van der Waals surface area contributed by atoms with Crippen molar-refractivity contribution in [3.8, 4) is 0 Å². The van der Waals surface area contributed by atoms with Crippen molar-refractivity contribution in [3.63, 3.8) is 0 Å². The van der Waals surface area contributed by atoms with Gasteiger partial charge in [-0.15, -0.1) is 10.2 Å². The summed E-state index contributed by atoms with van der Waals surface area (Å²) < 4.78 is 0. The van der Waals surface area contributed by atoms with Crippen LogP contribution < -0.4 is 5.32 Å². The number of hydrogen-bond acceptors (Lipinski definition) is 5. The predicted molar refractivity (Wildman–Crippen MR) is 126 cm³/mol. The number of aromatic nitrogens is 2. The van der Waals surface area contributed by atoms with E-state index in [1.165, 1.54) is 11.3 Å². The number of carbonyl (C=O) groups excluding carboxylic acids is 2. The molecule has 0 aliphatic carbocycles. The lowest BCUT2D eigenvalue weighted by molar-refractivity contribution is -0.142. The van der Waals surface area contributed by atoms with Crippen LogP contribution in [-0.2, 0) is 21.5 Å². The summed E-state index contributed by atoms with van der Waals surface area (Å²) in [6.45, 7) is 6.67. The molecular weight excluding hydrogens is 420 g/mol. The van der Waals surface area contributed by atoms with Crippen LogP contribution in [0.3, 0.4) is 0 Å². The first-order chi connectivity index (χ1) is 15.3. The molecule has 7 heteroatoms. The Kier molecular flexibility index (Phi) is 6.37. The van der Waals surface area contributed by atoms with Gasteiger partial charge in [-0.25, -0.2) is 0 Å². The van der Waals surface area contributed by atoms with Crippen molar-refractivity contribution in [2.45, 2.75) is 51.6 Å². The number of nitrogens with zero attached hydrogens (tertiary/aromatic N) is 3. The van der Waals surface area contributed by atoms with E-state index in [2.05, 4.69) is 36.3 Å². The lowest BCUT2D eigenvalue weighted by Gasteiger charge is -2.40. The SMILES string of the molecule is CC(C)(C)c1nnc(NC(=O)C2CCC(=O)N(Cc3ccccc3)C2c2ccccc2)s1. The monoisotopic (exact) mass is 448 g/mol. The number of piperidine rings is 1. The molecule has 0 saturated carbocycles. The van der Waals surface area contributed by atoms with Gasteiger partial charge in [0.05, 0.1) is 12.0 Å². The van der Waals surface area contributed by atoms with Crippen LogP contribution in [0, 0.1) is 5.92 Å². The molecule has 1 N–H and O–H groups in total. The van der Waals surface area contributed by atoms with E-state index >= 15 is 0 Å². The van der Waals surface area contributed by atoms with Crippen LogP contribution in [0.5, 0.6) is 0 Å². The molecule has 1 fully saturated rings. The Hall–Kier alpha value is -3.06. The maximum absolute atomic E-state index is 13.4. The van der Waals surface area contributed by atoms with Crippen LogP contribution in [0.2, 0.25) is 0 Å². The molecule has 166 valence electrons. The van der Waals surface area contributed by atoms with E-state index in [1.807, 2.05) is 65.6 Å². The number of carbonyl (C=O) groups is 2. The van der Waals surface area contributed by atoms with Gasteiger partial charge in [0, 0.05) is 18.4 Å². The van der Waals surface area contributed by atoms with E-state index in [1.54, 1.807) is 0 Å². The Bertz CT molecular complexity index is 1080. The topological polar surface area (TPSA) is 75.2 Å². The van der Waals surface area contributed by atoms with Crippen LogP contribution in [0.1, 0.15) is 55.8 Å². The minimum Gasteiger partial charge on any atom is -0.331 e. The maximum Gasteiger partial charge on any atom is 0.231 e. The van der Waals surface area contributed by atoms with Crippen molar-refractivity contribution >= 4 is 28.3 Å². The van der Waals surface area contributed by atoms with E-state index in [9.17, 15) is 9.59 Å². The smallest absolute Gasteiger partial charge is 0.231 e. The quantitative estimate of drug-likeness (QED) is 0.599. The first-order valence-electron chi connectivity index (χ1n) is 10.9. The van der Waals surface area contributed by atoms with Gasteiger partial charge >= 0.3 is 0 Å². The summed E-state index contributed by atoms with van der Waals surface area (Å²) in [4.78, 5) is 28.2. The van der Waals surface area contributed by atoms with E-state index in [-0.39, 0.29) is 29.2 Å². The van der Waals surface area contributed by atoms with Crippen LogP contribution in [0.25, 0.3) is 0 Å².